The van der Waals surface area contributed by atoms with Gasteiger partial charge in [0.25, 0.3) is 0 Å². The summed E-state index contributed by atoms with van der Waals surface area (Å²) in [6, 6.07) is 6.05. The molecule has 20 heavy (non-hydrogen) atoms. The third-order valence-corrected chi connectivity index (χ3v) is 4.03. The Morgan fingerprint density at radius 1 is 1.40 bits per heavy atom. The van der Waals surface area contributed by atoms with Crippen LogP contribution in [0, 0.1) is 13.8 Å². The van der Waals surface area contributed by atoms with Crippen LogP contribution in [0.5, 0.6) is 5.75 Å². The highest BCUT2D eigenvalue weighted by Crippen LogP contribution is 2.20. The molecule has 0 saturated heterocycles. The van der Waals surface area contributed by atoms with E-state index in [2.05, 4.69) is 10.2 Å². The summed E-state index contributed by atoms with van der Waals surface area (Å²) in [5.41, 5.74) is 2.22. The molecule has 0 aliphatic rings. The molecule has 1 heterocycles. The minimum Gasteiger partial charge on any atom is -0.491 e. The van der Waals surface area contributed by atoms with Crippen molar-refractivity contribution < 1.29 is 9.84 Å². The zero-order chi connectivity index (χ0) is 14.5. The quantitative estimate of drug-likeness (QED) is 0.825. The molecule has 1 aromatic carbocycles. The molecule has 2 aromatic rings. The Labute approximate surface area is 123 Å². The average Bonchev–Trinajstić information content (AvgIpc) is 2.83. The predicted molar refractivity (Wildman–Crippen MR) is 79.1 cm³/mol. The molecule has 1 N–H and O–H groups in total. The normalized spacial score (nSPS) is 12.4. The maximum atomic E-state index is 9.96. The molecule has 0 fully saturated rings. The van der Waals surface area contributed by atoms with E-state index in [9.17, 15) is 5.11 Å². The van der Waals surface area contributed by atoms with Gasteiger partial charge in [-0.3, -0.25) is 0 Å². The monoisotopic (exact) mass is 293 g/mol. The zero-order valence-corrected chi connectivity index (χ0v) is 12.7. The maximum absolute atomic E-state index is 9.96. The number of nitrogens with zero attached hydrogens (tertiary/aromatic N) is 3. The Morgan fingerprint density at radius 2 is 2.20 bits per heavy atom. The van der Waals surface area contributed by atoms with Crippen LogP contribution in [0.2, 0.25) is 0 Å². The number of rotatable bonds is 6. The largest absolute Gasteiger partial charge is 0.491 e. The second kappa shape index (κ2) is 6.76. The first-order chi connectivity index (χ1) is 9.56. The van der Waals surface area contributed by atoms with E-state index in [1.54, 1.807) is 6.33 Å². The molecule has 6 heteroatoms. The molecule has 1 aromatic heterocycles. The lowest BCUT2D eigenvalue weighted by atomic mass is 10.1. The highest BCUT2D eigenvalue weighted by molar-refractivity contribution is 7.99. The Balaban J connectivity index is 1.81. The van der Waals surface area contributed by atoms with Crippen molar-refractivity contribution in [1.82, 2.24) is 14.8 Å². The number of hydrogen-bond donors (Lipinski definition) is 1. The van der Waals surface area contributed by atoms with Crippen LogP contribution in [0.1, 0.15) is 11.1 Å². The van der Waals surface area contributed by atoms with Gasteiger partial charge in [-0.05, 0) is 31.0 Å². The van der Waals surface area contributed by atoms with E-state index < -0.39 is 6.10 Å². The molecule has 2 rings (SSSR count). The van der Waals surface area contributed by atoms with Gasteiger partial charge < -0.3 is 14.4 Å². The number of ether oxygens (including phenoxy) is 1. The van der Waals surface area contributed by atoms with E-state index in [1.807, 2.05) is 43.7 Å². The fraction of sp³-hybridized carbons (Fsp3) is 0.429. The highest BCUT2D eigenvalue weighted by Gasteiger charge is 2.10. The SMILES string of the molecule is Cc1ccc(C)c(OCC(O)CSc2nncn2C)c1. The number of aliphatic hydroxyl groups excluding tert-OH is 1. The summed E-state index contributed by atoms with van der Waals surface area (Å²) in [7, 11) is 1.88. The summed E-state index contributed by atoms with van der Waals surface area (Å²) >= 11 is 1.46. The number of thioether (sulfide) groups is 1. The minimum atomic E-state index is -0.545. The summed E-state index contributed by atoms with van der Waals surface area (Å²) in [5.74, 6) is 1.35. The summed E-state index contributed by atoms with van der Waals surface area (Å²) in [6.07, 6.45) is 1.10. The van der Waals surface area contributed by atoms with E-state index >= 15 is 0 Å². The zero-order valence-electron chi connectivity index (χ0n) is 11.9. The number of hydrogen-bond acceptors (Lipinski definition) is 5. The van der Waals surface area contributed by atoms with E-state index in [0.29, 0.717) is 5.75 Å². The summed E-state index contributed by atoms with van der Waals surface area (Å²) in [5, 5.41) is 18.5. The Hall–Kier alpha value is -1.53. The fourth-order valence-electron chi connectivity index (χ4n) is 1.67. The summed E-state index contributed by atoms with van der Waals surface area (Å²) < 4.78 is 7.50. The highest BCUT2D eigenvalue weighted by atomic mass is 32.2. The first-order valence-corrected chi connectivity index (χ1v) is 7.39. The minimum absolute atomic E-state index is 0.273. The first-order valence-electron chi connectivity index (χ1n) is 6.41. The topological polar surface area (TPSA) is 60.2 Å². The smallest absolute Gasteiger partial charge is 0.190 e. The van der Waals surface area contributed by atoms with Crippen molar-refractivity contribution in [1.29, 1.82) is 0 Å². The van der Waals surface area contributed by atoms with Gasteiger partial charge in [0.05, 0.1) is 6.10 Å². The molecular weight excluding hydrogens is 274 g/mol. The van der Waals surface area contributed by atoms with Crippen molar-refractivity contribution in [2.24, 2.45) is 7.05 Å². The third kappa shape index (κ3) is 3.98. The van der Waals surface area contributed by atoms with Crippen molar-refractivity contribution in [2.75, 3.05) is 12.4 Å². The van der Waals surface area contributed by atoms with Gasteiger partial charge in [0.1, 0.15) is 18.7 Å². The molecule has 0 spiro atoms. The summed E-state index contributed by atoms with van der Waals surface area (Å²) in [6.45, 7) is 4.29. The van der Waals surface area contributed by atoms with Crippen LogP contribution in [0.15, 0.2) is 29.7 Å². The van der Waals surface area contributed by atoms with Crippen molar-refractivity contribution >= 4 is 11.8 Å². The lowest BCUT2D eigenvalue weighted by molar-refractivity contribution is 0.126. The second-order valence-corrected chi connectivity index (χ2v) is 5.76. The molecule has 0 bridgehead atoms. The van der Waals surface area contributed by atoms with Gasteiger partial charge in [-0.2, -0.15) is 0 Å². The van der Waals surface area contributed by atoms with E-state index in [0.717, 1.165) is 22.0 Å². The van der Waals surface area contributed by atoms with Crippen LogP contribution >= 0.6 is 11.8 Å². The van der Waals surface area contributed by atoms with Crippen LogP contribution in [0.25, 0.3) is 0 Å². The number of benzene rings is 1. The van der Waals surface area contributed by atoms with E-state index in [-0.39, 0.29) is 6.61 Å². The van der Waals surface area contributed by atoms with Crippen LogP contribution in [0.3, 0.4) is 0 Å². The van der Waals surface area contributed by atoms with Crippen LogP contribution in [0.4, 0.5) is 0 Å². The van der Waals surface area contributed by atoms with Gasteiger partial charge in [0.15, 0.2) is 5.16 Å². The Morgan fingerprint density at radius 3 is 2.90 bits per heavy atom. The molecule has 0 saturated carbocycles. The average molecular weight is 293 g/mol. The van der Waals surface area contributed by atoms with Crippen molar-refractivity contribution in [2.45, 2.75) is 25.1 Å². The van der Waals surface area contributed by atoms with Crippen molar-refractivity contribution in [3.8, 4) is 5.75 Å². The van der Waals surface area contributed by atoms with Gasteiger partial charge in [0, 0.05) is 12.8 Å². The van der Waals surface area contributed by atoms with Crippen LogP contribution in [-0.2, 0) is 7.05 Å². The standard InChI is InChI=1S/C14H19N3O2S/c1-10-4-5-11(2)13(6-10)19-7-12(18)8-20-14-16-15-9-17(14)3/h4-6,9,12,18H,7-8H2,1-3H3. The molecular formula is C14H19N3O2S. The fourth-order valence-corrected chi connectivity index (χ4v) is 2.46. The first kappa shape index (κ1) is 14.9. The van der Waals surface area contributed by atoms with Crippen LogP contribution < -0.4 is 4.74 Å². The van der Waals surface area contributed by atoms with Gasteiger partial charge >= 0.3 is 0 Å². The second-order valence-electron chi connectivity index (χ2n) is 4.77. The molecule has 0 radical (unpaired) electrons. The van der Waals surface area contributed by atoms with Gasteiger partial charge in [-0.25, -0.2) is 0 Å². The molecule has 1 atom stereocenters. The van der Waals surface area contributed by atoms with Gasteiger partial charge in [-0.1, -0.05) is 23.9 Å². The van der Waals surface area contributed by atoms with E-state index in [1.165, 1.54) is 11.8 Å². The van der Waals surface area contributed by atoms with Crippen molar-refractivity contribution in [3.63, 3.8) is 0 Å². The lowest BCUT2D eigenvalue weighted by Gasteiger charge is -2.13. The van der Waals surface area contributed by atoms with E-state index in [4.69, 9.17) is 4.74 Å². The number of aromatic nitrogens is 3. The Bertz CT molecular complexity index is 571. The molecule has 0 aliphatic carbocycles. The van der Waals surface area contributed by atoms with Crippen molar-refractivity contribution in [3.05, 3.63) is 35.7 Å². The molecule has 108 valence electrons. The van der Waals surface area contributed by atoms with Crippen LogP contribution in [-0.4, -0.2) is 38.3 Å². The number of aryl methyl sites for hydroxylation is 3. The lowest BCUT2D eigenvalue weighted by Crippen LogP contribution is -2.20. The summed E-state index contributed by atoms with van der Waals surface area (Å²) in [4.78, 5) is 0. The Kier molecular flexibility index (Phi) is 5.03. The van der Waals surface area contributed by atoms with Gasteiger partial charge in [0.2, 0.25) is 0 Å². The third-order valence-electron chi connectivity index (χ3n) is 2.85. The molecule has 0 aliphatic heterocycles. The number of aliphatic hydroxyl groups is 1. The molecule has 5 nitrogen and oxygen atoms in total. The van der Waals surface area contributed by atoms with Gasteiger partial charge in [-0.15, -0.1) is 10.2 Å². The predicted octanol–water partition coefficient (Wildman–Crippen LogP) is 1.96. The maximum Gasteiger partial charge on any atom is 0.190 e. The molecule has 0 amide bonds. The molecule has 1 unspecified atom stereocenters.